The first kappa shape index (κ1) is 8.92. The number of nitrogens with two attached hydrogens (primary N) is 1. The van der Waals surface area contributed by atoms with Gasteiger partial charge in [0.15, 0.2) is 0 Å². The summed E-state index contributed by atoms with van der Waals surface area (Å²) in [4.78, 5) is 0. The second kappa shape index (κ2) is 6.05. The Morgan fingerprint density at radius 3 is 2.40 bits per heavy atom. The standard InChI is InChI=1S/C9H13N/c1-3-5-6-7-9(4-2)8-10/h3-7H,1-2,8,10H2/b6-5-,9-7+. The monoisotopic (exact) mass is 135 g/mol. The predicted octanol–water partition coefficient (Wildman–Crippen LogP) is 1.80. The van der Waals surface area contributed by atoms with E-state index in [9.17, 15) is 0 Å². The second-order valence-electron chi connectivity index (χ2n) is 1.77. The summed E-state index contributed by atoms with van der Waals surface area (Å²) >= 11 is 0. The molecule has 0 aromatic rings. The van der Waals surface area contributed by atoms with E-state index in [0.717, 1.165) is 5.57 Å². The van der Waals surface area contributed by atoms with Crippen LogP contribution >= 0.6 is 0 Å². The Hall–Kier alpha value is -1.08. The van der Waals surface area contributed by atoms with E-state index in [2.05, 4.69) is 13.2 Å². The molecule has 0 atom stereocenters. The van der Waals surface area contributed by atoms with Crippen molar-refractivity contribution in [2.24, 2.45) is 5.73 Å². The van der Waals surface area contributed by atoms with Gasteiger partial charge < -0.3 is 5.73 Å². The molecule has 0 spiro atoms. The Balaban J connectivity index is 3.97. The highest BCUT2D eigenvalue weighted by atomic mass is 14.5. The van der Waals surface area contributed by atoms with Crippen molar-refractivity contribution in [1.82, 2.24) is 0 Å². The lowest BCUT2D eigenvalue weighted by atomic mass is 10.2. The number of hydrogen-bond donors (Lipinski definition) is 1. The van der Waals surface area contributed by atoms with E-state index in [-0.39, 0.29) is 0 Å². The molecule has 0 amide bonds. The molecule has 10 heavy (non-hydrogen) atoms. The van der Waals surface area contributed by atoms with Gasteiger partial charge in [0.1, 0.15) is 0 Å². The summed E-state index contributed by atoms with van der Waals surface area (Å²) < 4.78 is 0. The van der Waals surface area contributed by atoms with Crippen LogP contribution in [0.25, 0.3) is 0 Å². The normalized spacial score (nSPS) is 11.9. The van der Waals surface area contributed by atoms with Crippen molar-refractivity contribution in [3.05, 3.63) is 49.1 Å². The van der Waals surface area contributed by atoms with E-state index in [0.29, 0.717) is 6.54 Å². The topological polar surface area (TPSA) is 26.0 Å². The molecule has 0 rings (SSSR count). The highest BCUT2D eigenvalue weighted by Crippen LogP contribution is 1.91. The quantitative estimate of drug-likeness (QED) is 0.584. The largest absolute Gasteiger partial charge is 0.326 e. The van der Waals surface area contributed by atoms with Crippen molar-refractivity contribution < 1.29 is 0 Å². The first-order valence-electron chi connectivity index (χ1n) is 3.16. The van der Waals surface area contributed by atoms with Crippen molar-refractivity contribution in [3.8, 4) is 0 Å². The fourth-order valence-electron chi connectivity index (χ4n) is 0.477. The van der Waals surface area contributed by atoms with Gasteiger partial charge in [0.25, 0.3) is 0 Å². The minimum absolute atomic E-state index is 0.533. The van der Waals surface area contributed by atoms with Crippen LogP contribution in [-0.4, -0.2) is 6.54 Å². The van der Waals surface area contributed by atoms with Crippen molar-refractivity contribution in [2.75, 3.05) is 6.54 Å². The van der Waals surface area contributed by atoms with Gasteiger partial charge in [-0.15, -0.1) is 0 Å². The zero-order valence-corrected chi connectivity index (χ0v) is 6.09. The van der Waals surface area contributed by atoms with E-state index in [4.69, 9.17) is 5.73 Å². The summed E-state index contributed by atoms with van der Waals surface area (Å²) in [5.41, 5.74) is 6.39. The fourth-order valence-corrected chi connectivity index (χ4v) is 0.477. The maximum Gasteiger partial charge on any atom is 0.0177 e. The van der Waals surface area contributed by atoms with Gasteiger partial charge in [-0.05, 0) is 5.57 Å². The molecule has 1 heteroatoms. The van der Waals surface area contributed by atoms with Gasteiger partial charge in [0.2, 0.25) is 0 Å². The Morgan fingerprint density at radius 1 is 1.30 bits per heavy atom. The third kappa shape index (κ3) is 3.87. The third-order valence-corrected chi connectivity index (χ3v) is 1.06. The molecule has 0 radical (unpaired) electrons. The van der Waals surface area contributed by atoms with E-state index in [1.54, 1.807) is 12.2 Å². The molecule has 0 aliphatic heterocycles. The zero-order valence-electron chi connectivity index (χ0n) is 6.09. The van der Waals surface area contributed by atoms with Crippen LogP contribution < -0.4 is 5.73 Å². The molecule has 0 unspecified atom stereocenters. The first-order chi connectivity index (χ1) is 4.85. The maximum atomic E-state index is 5.37. The van der Waals surface area contributed by atoms with Crippen LogP contribution in [0.4, 0.5) is 0 Å². The molecule has 0 saturated carbocycles. The van der Waals surface area contributed by atoms with Crippen LogP contribution in [0.15, 0.2) is 49.1 Å². The van der Waals surface area contributed by atoms with Crippen molar-refractivity contribution >= 4 is 0 Å². The number of hydrogen-bond acceptors (Lipinski definition) is 1. The Morgan fingerprint density at radius 2 is 2.00 bits per heavy atom. The molecule has 0 aliphatic carbocycles. The molecule has 0 aromatic heterocycles. The third-order valence-electron chi connectivity index (χ3n) is 1.06. The summed E-state index contributed by atoms with van der Waals surface area (Å²) in [5.74, 6) is 0. The molecule has 0 aromatic carbocycles. The van der Waals surface area contributed by atoms with Gasteiger partial charge in [-0.25, -0.2) is 0 Å². The molecule has 1 nitrogen and oxygen atoms in total. The zero-order chi connectivity index (χ0) is 7.82. The van der Waals surface area contributed by atoms with E-state index in [1.807, 2.05) is 18.2 Å². The van der Waals surface area contributed by atoms with E-state index in [1.165, 1.54) is 0 Å². The predicted molar refractivity (Wildman–Crippen MR) is 46.7 cm³/mol. The summed E-state index contributed by atoms with van der Waals surface area (Å²) in [7, 11) is 0. The lowest BCUT2D eigenvalue weighted by molar-refractivity contribution is 1.19. The molecular formula is C9H13N. The van der Waals surface area contributed by atoms with Crippen LogP contribution in [0.3, 0.4) is 0 Å². The maximum absolute atomic E-state index is 5.37. The van der Waals surface area contributed by atoms with Crippen LogP contribution in [0.5, 0.6) is 0 Å². The average molecular weight is 135 g/mol. The molecular weight excluding hydrogens is 122 g/mol. The van der Waals surface area contributed by atoms with Gasteiger partial charge >= 0.3 is 0 Å². The van der Waals surface area contributed by atoms with Crippen LogP contribution in [-0.2, 0) is 0 Å². The minimum Gasteiger partial charge on any atom is -0.326 e. The Kier molecular flexibility index (Phi) is 5.39. The molecule has 0 saturated heterocycles. The fraction of sp³-hybridized carbons (Fsp3) is 0.111. The number of rotatable bonds is 4. The molecule has 0 bridgehead atoms. The van der Waals surface area contributed by atoms with Crippen LogP contribution in [0.2, 0.25) is 0 Å². The van der Waals surface area contributed by atoms with Gasteiger partial charge in [0.05, 0.1) is 0 Å². The summed E-state index contributed by atoms with van der Waals surface area (Å²) in [5, 5.41) is 0. The van der Waals surface area contributed by atoms with Crippen LogP contribution in [0, 0.1) is 0 Å². The van der Waals surface area contributed by atoms with E-state index < -0.39 is 0 Å². The Bertz CT molecular complexity index is 164. The average Bonchev–Trinajstić information content (AvgIpc) is 1.99. The molecule has 54 valence electrons. The summed E-state index contributed by atoms with van der Waals surface area (Å²) in [6.45, 7) is 7.67. The summed E-state index contributed by atoms with van der Waals surface area (Å²) in [6, 6.07) is 0. The van der Waals surface area contributed by atoms with Crippen molar-refractivity contribution in [3.63, 3.8) is 0 Å². The first-order valence-corrected chi connectivity index (χ1v) is 3.16. The summed E-state index contributed by atoms with van der Waals surface area (Å²) in [6.07, 6.45) is 9.10. The van der Waals surface area contributed by atoms with E-state index >= 15 is 0 Å². The number of allylic oxidation sites excluding steroid dienone is 4. The molecule has 0 heterocycles. The molecule has 0 fully saturated rings. The SMILES string of the molecule is C=C/C=C\C=C(/C=C)CN. The Labute approximate surface area is 62.2 Å². The highest BCUT2D eigenvalue weighted by molar-refractivity contribution is 5.24. The lowest BCUT2D eigenvalue weighted by Gasteiger charge is -1.90. The second-order valence-corrected chi connectivity index (χ2v) is 1.77. The van der Waals surface area contributed by atoms with Gasteiger partial charge in [0, 0.05) is 6.54 Å². The highest BCUT2D eigenvalue weighted by Gasteiger charge is 1.80. The molecule has 2 N–H and O–H groups in total. The lowest BCUT2D eigenvalue weighted by Crippen LogP contribution is -1.99. The van der Waals surface area contributed by atoms with Crippen molar-refractivity contribution in [1.29, 1.82) is 0 Å². The van der Waals surface area contributed by atoms with Gasteiger partial charge in [-0.3, -0.25) is 0 Å². The van der Waals surface area contributed by atoms with Crippen LogP contribution in [0.1, 0.15) is 0 Å². The van der Waals surface area contributed by atoms with Gasteiger partial charge in [-0.1, -0.05) is 43.5 Å². The molecule has 0 aliphatic rings. The smallest absolute Gasteiger partial charge is 0.0177 e. The van der Waals surface area contributed by atoms with Gasteiger partial charge in [-0.2, -0.15) is 0 Å². The minimum atomic E-state index is 0.533. The van der Waals surface area contributed by atoms with Crippen molar-refractivity contribution in [2.45, 2.75) is 0 Å².